The van der Waals surface area contributed by atoms with Gasteiger partial charge in [-0.15, -0.1) is 0 Å². The zero-order valence-corrected chi connectivity index (χ0v) is 13.8. The van der Waals surface area contributed by atoms with E-state index in [1.54, 1.807) is 0 Å². The number of nitrogens with zero attached hydrogens (tertiary/aromatic N) is 1. The number of rotatable bonds is 4. The third-order valence-electron chi connectivity index (χ3n) is 5.44. The maximum Gasteiger partial charge on any atom is 0.304 e. The van der Waals surface area contributed by atoms with E-state index in [9.17, 15) is 9.90 Å². The minimum Gasteiger partial charge on any atom is -0.481 e. The Hall–Kier alpha value is -0.610. The topological polar surface area (TPSA) is 49.8 Å². The fourth-order valence-electron chi connectivity index (χ4n) is 4.05. The molecule has 1 saturated carbocycles. The molecule has 0 spiro atoms. The highest BCUT2D eigenvalue weighted by Gasteiger charge is 2.36. The second kappa shape index (κ2) is 7.10. The second-order valence-corrected chi connectivity index (χ2v) is 7.79. The van der Waals surface area contributed by atoms with Gasteiger partial charge in [0.15, 0.2) is 0 Å². The van der Waals surface area contributed by atoms with Crippen molar-refractivity contribution in [1.29, 1.82) is 0 Å². The van der Waals surface area contributed by atoms with E-state index >= 15 is 0 Å². The monoisotopic (exact) mass is 297 g/mol. The maximum absolute atomic E-state index is 11.3. The Labute approximate surface area is 128 Å². The van der Waals surface area contributed by atoms with Crippen LogP contribution in [0.2, 0.25) is 0 Å². The third-order valence-corrected chi connectivity index (χ3v) is 5.44. The molecule has 1 heterocycles. The summed E-state index contributed by atoms with van der Waals surface area (Å²) in [5.74, 6) is 0.658. The van der Waals surface area contributed by atoms with Crippen molar-refractivity contribution in [2.45, 2.75) is 58.9 Å². The van der Waals surface area contributed by atoms with E-state index < -0.39 is 5.97 Å². The van der Waals surface area contributed by atoms with Gasteiger partial charge in [-0.2, -0.15) is 0 Å². The number of carboxylic acid groups (broad SMARTS) is 1. The second-order valence-electron chi connectivity index (χ2n) is 7.79. The Bertz CT molecular complexity index is 336. The molecule has 4 nitrogen and oxygen atoms in total. The van der Waals surface area contributed by atoms with Crippen molar-refractivity contribution in [2.24, 2.45) is 17.3 Å². The summed E-state index contributed by atoms with van der Waals surface area (Å²) in [6, 6.07) is 0.201. The summed E-state index contributed by atoms with van der Waals surface area (Å²) in [4.78, 5) is 13.6. The lowest BCUT2D eigenvalue weighted by Gasteiger charge is -2.43. The Morgan fingerprint density at radius 2 is 1.76 bits per heavy atom. The smallest absolute Gasteiger partial charge is 0.304 e. The van der Waals surface area contributed by atoms with Crippen LogP contribution in [0.4, 0.5) is 0 Å². The number of morpholine rings is 1. The van der Waals surface area contributed by atoms with Crippen molar-refractivity contribution in [3.05, 3.63) is 0 Å². The van der Waals surface area contributed by atoms with Crippen LogP contribution in [0.25, 0.3) is 0 Å². The fraction of sp³-hybridized carbons (Fsp3) is 0.941. The van der Waals surface area contributed by atoms with Gasteiger partial charge < -0.3 is 9.84 Å². The summed E-state index contributed by atoms with van der Waals surface area (Å²) in [5.41, 5.74) is 0.381. The maximum atomic E-state index is 11.3. The summed E-state index contributed by atoms with van der Waals surface area (Å²) >= 11 is 0. The van der Waals surface area contributed by atoms with Crippen molar-refractivity contribution < 1.29 is 14.6 Å². The van der Waals surface area contributed by atoms with Crippen LogP contribution in [0.5, 0.6) is 0 Å². The highest BCUT2D eigenvalue weighted by Crippen LogP contribution is 2.42. The first-order valence-corrected chi connectivity index (χ1v) is 8.41. The summed E-state index contributed by atoms with van der Waals surface area (Å²) in [7, 11) is 0. The van der Waals surface area contributed by atoms with E-state index in [4.69, 9.17) is 4.74 Å². The van der Waals surface area contributed by atoms with Crippen molar-refractivity contribution in [1.82, 2.24) is 4.90 Å². The van der Waals surface area contributed by atoms with Gasteiger partial charge in [-0.05, 0) is 42.9 Å². The van der Waals surface area contributed by atoms with Gasteiger partial charge in [0.05, 0.1) is 19.6 Å². The van der Waals surface area contributed by atoms with Gasteiger partial charge in [0.25, 0.3) is 0 Å². The summed E-state index contributed by atoms with van der Waals surface area (Å²) in [6.45, 7) is 10.2. The molecule has 1 aliphatic heterocycles. The standard InChI is InChI=1S/C17H31NO3/c1-17(2,3)14-6-4-13(5-7-14)15(12-16(19)20)18-8-10-21-11-9-18/h13-15H,4-12H2,1-3H3,(H,19,20). The molecule has 0 bridgehead atoms. The average molecular weight is 297 g/mol. The van der Waals surface area contributed by atoms with Gasteiger partial charge in [-0.3, -0.25) is 9.69 Å². The van der Waals surface area contributed by atoms with Gasteiger partial charge in [0.1, 0.15) is 0 Å². The molecule has 0 radical (unpaired) electrons. The van der Waals surface area contributed by atoms with Crippen LogP contribution in [-0.2, 0) is 9.53 Å². The van der Waals surface area contributed by atoms with E-state index in [1.807, 2.05) is 0 Å². The van der Waals surface area contributed by atoms with Gasteiger partial charge in [-0.1, -0.05) is 20.8 Å². The minimum absolute atomic E-state index is 0.201. The first-order chi connectivity index (χ1) is 9.88. The lowest BCUT2D eigenvalue weighted by atomic mass is 9.68. The molecule has 0 aromatic heterocycles. The Morgan fingerprint density at radius 1 is 1.19 bits per heavy atom. The third kappa shape index (κ3) is 4.68. The van der Waals surface area contributed by atoms with Crippen LogP contribution in [0.3, 0.4) is 0 Å². The van der Waals surface area contributed by atoms with Crippen LogP contribution in [-0.4, -0.2) is 48.3 Å². The Balaban J connectivity index is 1.96. The van der Waals surface area contributed by atoms with Crippen LogP contribution in [0.1, 0.15) is 52.9 Å². The van der Waals surface area contributed by atoms with Gasteiger partial charge in [-0.25, -0.2) is 0 Å². The molecule has 2 aliphatic rings. The van der Waals surface area contributed by atoms with Gasteiger partial charge >= 0.3 is 5.97 Å². The van der Waals surface area contributed by atoms with Crippen LogP contribution in [0, 0.1) is 17.3 Å². The summed E-state index contributed by atoms with van der Waals surface area (Å²) in [5, 5.41) is 9.27. The van der Waals surface area contributed by atoms with Gasteiger partial charge in [0.2, 0.25) is 0 Å². The molecule has 0 amide bonds. The molecule has 21 heavy (non-hydrogen) atoms. The molecule has 4 heteroatoms. The van der Waals surface area contributed by atoms with Crippen LogP contribution < -0.4 is 0 Å². The number of carboxylic acids is 1. The van der Waals surface area contributed by atoms with Crippen molar-refractivity contribution in [3.8, 4) is 0 Å². The summed E-state index contributed by atoms with van der Waals surface area (Å²) in [6.07, 6.45) is 5.13. The molecule has 2 rings (SSSR count). The van der Waals surface area contributed by atoms with E-state index in [-0.39, 0.29) is 12.5 Å². The quantitative estimate of drug-likeness (QED) is 0.866. The first-order valence-electron chi connectivity index (χ1n) is 8.41. The molecule has 0 aromatic rings. The zero-order chi connectivity index (χ0) is 15.5. The molecule has 1 N–H and O–H groups in total. The predicted molar refractivity (Wildman–Crippen MR) is 83.3 cm³/mol. The average Bonchev–Trinajstić information content (AvgIpc) is 2.45. The minimum atomic E-state index is -0.663. The first kappa shape index (κ1) is 16.8. The molecule has 1 atom stereocenters. The van der Waals surface area contributed by atoms with E-state index in [1.165, 1.54) is 25.7 Å². The van der Waals surface area contributed by atoms with Crippen molar-refractivity contribution in [3.63, 3.8) is 0 Å². The van der Waals surface area contributed by atoms with Gasteiger partial charge in [0, 0.05) is 19.1 Å². The normalized spacial score (nSPS) is 30.0. The number of ether oxygens (including phenoxy) is 1. The molecule has 1 aliphatic carbocycles. The number of carbonyl (C=O) groups is 1. The number of hydrogen-bond donors (Lipinski definition) is 1. The molecular weight excluding hydrogens is 266 g/mol. The summed E-state index contributed by atoms with van der Waals surface area (Å²) < 4.78 is 5.41. The SMILES string of the molecule is CC(C)(C)C1CCC(C(CC(=O)O)N2CCOCC2)CC1. The van der Waals surface area contributed by atoms with Crippen LogP contribution in [0.15, 0.2) is 0 Å². The molecule has 1 unspecified atom stereocenters. The molecule has 1 saturated heterocycles. The van der Waals surface area contributed by atoms with Crippen LogP contribution >= 0.6 is 0 Å². The molecular formula is C17H31NO3. The van der Waals surface area contributed by atoms with E-state index in [2.05, 4.69) is 25.7 Å². The number of hydrogen-bond acceptors (Lipinski definition) is 3. The highest BCUT2D eigenvalue weighted by atomic mass is 16.5. The molecule has 122 valence electrons. The van der Waals surface area contributed by atoms with Crippen molar-refractivity contribution in [2.75, 3.05) is 26.3 Å². The number of aliphatic carboxylic acids is 1. The zero-order valence-electron chi connectivity index (χ0n) is 13.8. The largest absolute Gasteiger partial charge is 0.481 e. The fourth-order valence-corrected chi connectivity index (χ4v) is 4.05. The molecule has 2 fully saturated rings. The lowest BCUT2D eigenvalue weighted by molar-refractivity contribution is -0.140. The highest BCUT2D eigenvalue weighted by molar-refractivity contribution is 5.67. The molecule has 0 aromatic carbocycles. The predicted octanol–water partition coefficient (Wildman–Crippen LogP) is 3.01. The van der Waals surface area contributed by atoms with E-state index in [0.717, 1.165) is 32.2 Å². The lowest BCUT2D eigenvalue weighted by Crippen LogP contribution is -2.49. The Morgan fingerprint density at radius 3 is 2.24 bits per heavy atom. The van der Waals surface area contributed by atoms with E-state index in [0.29, 0.717) is 11.3 Å². The Kier molecular flexibility index (Phi) is 5.67. The van der Waals surface area contributed by atoms with Crippen molar-refractivity contribution >= 4 is 5.97 Å².